The number of hydrogen-bond acceptors (Lipinski definition) is 3. The molecule has 1 aromatic carbocycles. The molecule has 3 nitrogen and oxygen atoms in total. The zero-order valence-corrected chi connectivity index (χ0v) is 11.7. The monoisotopic (exact) mass is 282 g/mol. The van der Waals surface area contributed by atoms with Crippen molar-refractivity contribution in [3.63, 3.8) is 0 Å². The van der Waals surface area contributed by atoms with Crippen LogP contribution < -0.4 is 5.32 Å². The third kappa shape index (κ3) is 3.84. The summed E-state index contributed by atoms with van der Waals surface area (Å²) in [5, 5.41) is 3.14. The number of nitrogens with one attached hydrogen (secondary N) is 1. The van der Waals surface area contributed by atoms with Crippen LogP contribution >= 0.6 is 0 Å². The Balaban J connectivity index is 1.98. The first-order valence-corrected chi connectivity index (χ1v) is 6.95. The fraction of sp³-hybridized carbons (Fsp3) is 0.533. The molecular formula is C15H20F2N2O. The van der Waals surface area contributed by atoms with Gasteiger partial charge in [0.15, 0.2) is 5.78 Å². The smallest absolute Gasteiger partial charge is 0.179 e. The maximum Gasteiger partial charge on any atom is 0.179 e. The van der Waals surface area contributed by atoms with Crippen LogP contribution in [-0.2, 0) is 0 Å². The number of hydrogen-bond donors (Lipinski definition) is 1. The highest BCUT2D eigenvalue weighted by Crippen LogP contribution is 2.17. The first-order valence-electron chi connectivity index (χ1n) is 6.95. The van der Waals surface area contributed by atoms with Crippen molar-refractivity contribution in [2.75, 3.05) is 33.2 Å². The zero-order valence-electron chi connectivity index (χ0n) is 11.7. The number of nitrogens with zero attached hydrogens (tertiary/aromatic N) is 1. The molecule has 1 aliphatic heterocycles. The van der Waals surface area contributed by atoms with E-state index in [4.69, 9.17) is 0 Å². The lowest BCUT2D eigenvalue weighted by molar-refractivity contribution is 0.0882. The lowest BCUT2D eigenvalue weighted by atomic mass is 9.97. The maximum atomic E-state index is 13.6. The summed E-state index contributed by atoms with van der Waals surface area (Å²) >= 11 is 0. The van der Waals surface area contributed by atoms with Gasteiger partial charge in [0.1, 0.15) is 11.6 Å². The highest BCUT2D eigenvalue weighted by atomic mass is 19.1. The van der Waals surface area contributed by atoms with E-state index >= 15 is 0 Å². The van der Waals surface area contributed by atoms with Gasteiger partial charge in [0, 0.05) is 6.54 Å². The highest BCUT2D eigenvalue weighted by Gasteiger charge is 2.22. The van der Waals surface area contributed by atoms with Gasteiger partial charge in [-0.05, 0) is 57.1 Å². The first kappa shape index (κ1) is 15.1. The van der Waals surface area contributed by atoms with E-state index < -0.39 is 11.6 Å². The molecule has 0 aliphatic carbocycles. The highest BCUT2D eigenvalue weighted by molar-refractivity contribution is 5.97. The fourth-order valence-corrected chi connectivity index (χ4v) is 2.75. The van der Waals surface area contributed by atoms with Crippen LogP contribution in [0.1, 0.15) is 23.2 Å². The summed E-state index contributed by atoms with van der Waals surface area (Å²) in [6.45, 7) is 2.73. The van der Waals surface area contributed by atoms with Crippen LogP contribution in [0.25, 0.3) is 0 Å². The normalized spacial score (nSPS) is 20.1. The van der Waals surface area contributed by atoms with Gasteiger partial charge in [0.05, 0.1) is 12.1 Å². The molecule has 1 N–H and O–H groups in total. The SMILES string of the molecule is CNCC1CCCN(CC(=O)c2cc(F)ccc2F)C1. The summed E-state index contributed by atoms with van der Waals surface area (Å²) in [5.41, 5.74) is -0.152. The third-order valence-electron chi connectivity index (χ3n) is 3.69. The van der Waals surface area contributed by atoms with Crippen LogP contribution in [0, 0.1) is 17.6 Å². The van der Waals surface area contributed by atoms with E-state index in [0.717, 1.165) is 50.7 Å². The summed E-state index contributed by atoms with van der Waals surface area (Å²) in [4.78, 5) is 14.1. The topological polar surface area (TPSA) is 32.3 Å². The van der Waals surface area contributed by atoms with Crippen molar-refractivity contribution in [3.8, 4) is 0 Å². The van der Waals surface area contributed by atoms with Gasteiger partial charge in [0.25, 0.3) is 0 Å². The Morgan fingerprint density at radius 3 is 3.00 bits per heavy atom. The fourth-order valence-electron chi connectivity index (χ4n) is 2.75. The van der Waals surface area contributed by atoms with Gasteiger partial charge in [0.2, 0.25) is 0 Å². The van der Waals surface area contributed by atoms with Crippen molar-refractivity contribution in [1.82, 2.24) is 10.2 Å². The number of likely N-dealkylation sites (tertiary alicyclic amines) is 1. The zero-order chi connectivity index (χ0) is 14.5. The molecule has 1 saturated heterocycles. The van der Waals surface area contributed by atoms with Crippen molar-refractivity contribution >= 4 is 5.78 Å². The Labute approximate surface area is 118 Å². The first-order chi connectivity index (χ1) is 9.60. The Bertz CT molecular complexity index is 477. The standard InChI is InChI=1S/C15H20F2N2O/c1-18-8-11-3-2-6-19(9-11)10-15(20)13-7-12(16)4-5-14(13)17/h4-5,7,11,18H,2-3,6,8-10H2,1H3. The summed E-state index contributed by atoms with van der Waals surface area (Å²) in [6, 6.07) is 3.01. The number of benzene rings is 1. The Morgan fingerprint density at radius 2 is 2.25 bits per heavy atom. The summed E-state index contributed by atoms with van der Waals surface area (Å²) in [6.07, 6.45) is 2.17. The molecule has 1 fully saturated rings. The molecular weight excluding hydrogens is 262 g/mol. The maximum absolute atomic E-state index is 13.6. The minimum Gasteiger partial charge on any atom is -0.319 e. The van der Waals surface area contributed by atoms with Gasteiger partial charge in [-0.25, -0.2) is 8.78 Å². The van der Waals surface area contributed by atoms with Crippen molar-refractivity contribution in [2.45, 2.75) is 12.8 Å². The average molecular weight is 282 g/mol. The van der Waals surface area contributed by atoms with Gasteiger partial charge in [-0.3, -0.25) is 9.69 Å². The van der Waals surface area contributed by atoms with Crippen molar-refractivity contribution in [2.24, 2.45) is 5.92 Å². The minimum absolute atomic E-state index is 0.152. The number of piperidine rings is 1. The van der Waals surface area contributed by atoms with Gasteiger partial charge >= 0.3 is 0 Å². The predicted octanol–water partition coefficient (Wildman–Crippen LogP) is 2.08. The lowest BCUT2D eigenvalue weighted by Crippen LogP contribution is -2.41. The Morgan fingerprint density at radius 1 is 1.45 bits per heavy atom. The molecule has 0 bridgehead atoms. The van der Waals surface area contributed by atoms with Gasteiger partial charge in [-0.15, -0.1) is 0 Å². The molecule has 0 spiro atoms. The van der Waals surface area contributed by atoms with E-state index in [2.05, 4.69) is 5.32 Å². The van der Waals surface area contributed by atoms with Gasteiger partial charge < -0.3 is 5.32 Å². The number of rotatable bonds is 5. The van der Waals surface area contributed by atoms with E-state index in [9.17, 15) is 13.6 Å². The van der Waals surface area contributed by atoms with Crippen LogP contribution in [0.3, 0.4) is 0 Å². The molecule has 2 rings (SSSR count). The molecule has 0 saturated carbocycles. The molecule has 1 aromatic rings. The van der Waals surface area contributed by atoms with Gasteiger partial charge in [-0.1, -0.05) is 0 Å². The molecule has 1 heterocycles. The summed E-state index contributed by atoms with van der Waals surface area (Å²) in [7, 11) is 1.91. The number of halogens is 2. The van der Waals surface area contributed by atoms with Crippen molar-refractivity contribution < 1.29 is 13.6 Å². The number of Topliss-reactive ketones (excluding diaryl/α,β-unsaturated/α-hetero) is 1. The molecule has 0 radical (unpaired) electrons. The Hall–Kier alpha value is -1.33. The number of carbonyl (C=O) groups excluding carboxylic acids is 1. The van der Waals surface area contributed by atoms with E-state index in [1.54, 1.807) is 0 Å². The molecule has 0 aromatic heterocycles. The number of ketones is 1. The second kappa shape index (κ2) is 6.90. The van der Waals surface area contributed by atoms with Crippen LogP contribution in [-0.4, -0.2) is 43.9 Å². The summed E-state index contributed by atoms with van der Waals surface area (Å²) in [5.74, 6) is -1.08. The molecule has 1 atom stereocenters. The predicted molar refractivity (Wildman–Crippen MR) is 73.8 cm³/mol. The largest absolute Gasteiger partial charge is 0.319 e. The second-order valence-electron chi connectivity index (χ2n) is 5.35. The minimum atomic E-state index is -0.653. The Kier molecular flexibility index (Phi) is 5.20. The van der Waals surface area contributed by atoms with Crippen molar-refractivity contribution in [3.05, 3.63) is 35.4 Å². The van der Waals surface area contributed by atoms with Crippen LogP contribution in [0.2, 0.25) is 0 Å². The van der Waals surface area contributed by atoms with E-state index in [1.807, 2.05) is 11.9 Å². The molecule has 5 heteroatoms. The molecule has 1 unspecified atom stereocenters. The van der Waals surface area contributed by atoms with Crippen LogP contribution in [0.5, 0.6) is 0 Å². The summed E-state index contributed by atoms with van der Waals surface area (Å²) < 4.78 is 26.7. The third-order valence-corrected chi connectivity index (χ3v) is 3.69. The van der Waals surface area contributed by atoms with Gasteiger partial charge in [-0.2, -0.15) is 0 Å². The number of carbonyl (C=O) groups is 1. The van der Waals surface area contributed by atoms with Crippen LogP contribution in [0.4, 0.5) is 8.78 Å². The van der Waals surface area contributed by atoms with Crippen LogP contribution in [0.15, 0.2) is 18.2 Å². The average Bonchev–Trinajstić information content (AvgIpc) is 2.42. The molecule has 0 amide bonds. The van der Waals surface area contributed by atoms with E-state index in [0.29, 0.717) is 5.92 Å². The van der Waals surface area contributed by atoms with Crippen molar-refractivity contribution in [1.29, 1.82) is 0 Å². The molecule has 110 valence electrons. The quantitative estimate of drug-likeness (QED) is 0.839. The lowest BCUT2D eigenvalue weighted by Gasteiger charge is -2.32. The van der Waals surface area contributed by atoms with E-state index in [1.165, 1.54) is 0 Å². The molecule has 1 aliphatic rings. The second-order valence-corrected chi connectivity index (χ2v) is 5.35. The van der Waals surface area contributed by atoms with E-state index in [-0.39, 0.29) is 17.9 Å². The molecule has 20 heavy (non-hydrogen) atoms.